The van der Waals surface area contributed by atoms with Crippen molar-refractivity contribution < 1.29 is 26.3 Å². The molecule has 0 aliphatic heterocycles. The molecule has 1 saturated carbocycles. The molecule has 1 aliphatic carbocycles. The summed E-state index contributed by atoms with van der Waals surface area (Å²) in [7, 11) is 0. The first kappa shape index (κ1) is 24.5. The second-order valence-corrected chi connectivity index (χ2v) is 8.32. The van der Waals surface area contributed by atoms with Gasteiger partial charge in [-0.3, -0.25) is 20.4 Å². The molecule has 0 saturated heterocycles. The standard InChI is InChI=1S/C22H15ClF6N6/c23-14-1-2-16-17(8-14)35(12-30)19(31)33-18(16)34(11-21(24,25)26)15-7-13(9-32-10-15)3-4-20(5-6-20)22(27,28)29/h1-2,7-10,12,30-31H,5-6,11H2. The highest BCUT2D eigenvalue weighted by Gasteiger charge is 2.62. The Morgan fingerprint density at radius 2 is 1.86 bits per heavy atom. The average molecular weight is 513 g/mol. The molecule has 1 aliphatic rings. The summed E-state index contributed by atoms with van der Waals surface area (Å²) in [6.45, 7) is -1.53. The Bertz CT molecular complexity index is 1430. The molecule has 0 amide bonds. The van der Waals surface area contributed by atoms with E-state index in [4.69, 9.17) is 22.4 Å². The molecule has 0 unspecified atom stereocenters. The van der Waals surface area contributed by atoms with Crippen molar-refractivity contribution in [2.24, 2.45) is 5.41 Å². The third-order valence-electron chi connectivity index (χ3n) is 5.40. The topological polar surface area (TPSA) is 81.7 Å². The fourth-order valence-corrected chi connectivity index (χ4v) is 3.63. The van der Waals surface area contributed by atoms with Crippen LogP contribution in [-0.2, 0) is 0 Å². The van der Waals surface area contributed by atoms with Gasteiger partial charge >= 0.3 is 12.4 Å². The molecular weight excluding hydrogens is 498 g/mol. The zero-order chi connectivity index (χ0) is 25.6. The molecule has 4 rings (SSSR count). The summed E-state index contributed by atoms with van der Waals surface area (Å²) in [5, 5.41) is 16.0. The Kier molecular flexibility index (Phi) is 6.00. The van der Waals surface area contributed by atoms with E-state index in [0.717, 1.165) is 28.2 Å². The first-order chi connectivity index (χ1) is 16.3. The second kappa shape index (κ2) is 8.57. The predicted octanol–water partition coefficient (Wildman–Crippen LogP) is 5.41. The van der Waals surface area contributed by atoms with E-state index in [2.05, 4.69) is 21.8 Å². The maximum absolute atomic E-state index is 13.6. The van der Waals surface area contributed by atoms with Gasteiger partial charge in [0, 0.05) is 22.2 Å². The van der Waals surface area contributed by atoms with Crippen LogP contribution in [0.3, 0.4) is 0 Å². The predicted molar refractivity (Wildman–Crippen MR) is 117 cm³/mol. The lowest BCUT2D eigenvalue weighted by molar-refractivity contribution is -0.168. The summed E-state index contributed by atoms with van der Waals surface area (Å²) in [6, 6.07) is 5.39. The van der Waals surface area contributed by atoms with Gasteiger partial charge in [0.2, 0.25) is 5.62 Å². The number of benzene rings is 1. The Labute approximate surface area is 199 Å². The van der Waals surface area contributed by atoms with Gasteiger partial charge in [0.15, 0.2) is 0 Å². The summed E-state index contributed by atoms with van der Waals surface area (Å²) in [5.41, 5.74) is -2.61. The molecule has 13 heteroatoms. The van der Waals surface area contributed by atoms with E-state index in [9.17, 15) is 26.3 Å². The number of pyridine rings is 1. The molecule has 1 aromatic carbocycles. The highest BCUT2D eigenvalue weighted by molar-refractivity contribution is 6.31. The van der Waals surface area contributed by atoms with E-state index in [1.807, 2.05) is 0 Å². The molecular formula is C22H15ClF6N6. The number of hydrogen-bond acceptors (Lipinski definition) is 5. The van der Waals surface area contributed by atoms with Crippen LogP contribution in [0, 0.1) is 28.1 Å². The molecule has 0 atom stereocenters. The third kappa shape index (κ3) is 4.95. The molecule has 35 heavy (non-hydrogen) atoms. The number of nitrogens with one attached hydrogen (secondary N) is 2. The van der Waals surface area contributed by atoms with E-state index < -0.39 is 29.9 Å². The minimum absolute atomic E-state index is 0.00543. The van der Waals surface area contributed by atoms with Crippen molar-refractivity contribution in [2.45, 2.75) is 25.2 Å². The number of halogens is 7. The van der Waals surface area contributed by atoms with E-state index in [-0.39, 0.29) is 45.8 Å². The fourth-order valence-electron chi connectivity index (χ4n) is 3.47. The van der Waals surface area contributed by atoms with Crippen molar-refractivity contribution in [1.82, 2.24) is 14.5 Å². The smallest absolute Gasteiger partial charge is 0.315 e. The average Bonchev–Trinajstić information content (AvgIpc) is 3.57. The fraction of sp³-hybridized carbons (Fsp3) is 0.273. The molecule has 0 spiro atoms. The molecule has 182 valence electrons. The van der Waals surface area contributed by atoms with Gasteiger partial charge in [0.05, 0.1) is 23.7 Å². The van der Waals surface area contributed by atoms with Gasteiger partial charge < -0.3 is 4.90 Å². The van der Waals surface area contributed by atoms with Gasteiger partial charge in [-0.1, -0.05) is 23.4 Å². The van der Waals surface area contributed by atoms with Crippen LogP contribution in [0.2, 0.25) is 5.02 Å². The van der Waals surface area contributed by atoms with Gasteiger partial charge in [0.1, 0.15) is 17.8 Å². The molecule has 0 radical (unpaired) electrons. The Balaban J connectivity index is 1.87. The van der Waals surface area contributed by atoms with Crippen LogP contribution < -0.4 is 10.5 Å². The van der Waals surface area contributed by atoms with Gasteiger partial charge in [-0.05, 0) is 37.1 Å². The Morgan fingerprint density at radius 1 is 1.14 bits per heavy atom. The molecule has 2 N–H and O–H groups in total. The number of fused-ring (bicyclic) bond motifs is 1. The molecule has 2 heterocycles. The third-order valence-corrected chi connectivity index (χ3v) is 5.63. The van der Waals surface area contributed by atoms with Crippen LogP contribution >= 0.6 is 11.6 Å². The molecule has 6 nitrogen and oxygen atoms in total. The summed E-state index contributed by atoms with van der Waals surface area (Å²) in [6.07, 6.45) is -6.47. The number of aromatic nitrogens is 3. The van der Waals surface area contributed by atoms with Gasteiger partial charge in [-0.25, -0.2) is 0 Å². The number of nitrogens with zero attached hydrogens (tertiary/aromatic N) is 4. The minimum atomic E-state index is -4.72. The van der Waals surface area contributed by atoms with Crippen molar-refractivity contribution in [2.75, 3.05) is 11.4 Å². The lowest BCUT2D eigenvalue weighted by Crippen LogP contribution is -2.34. The van der Waals surface area contributed by atoms with Crippen molar-refractivity contribution in [3.05, 3.63) is 52.9 Å². The summed E-state index contributed by atoms with van der Waals surface area (Å²) >= 11 is 6.02. The largest absolute Gasteiger partial charge is 0.406 e. The normalized spacial score (nSPS) is 14.8. The summed E-state index contributed by atoms with van der Waals surface area (Å²) < 4.78 is 81.3. The van der Waals surface area contributed by atoms with E-state index >= 15 is 0 Å². The number of hydrogen-bond donors (Lipinski definition) is 2. The van der Waals surface area contributed by atoms with Crippen LogP contribution in [0.5, 0.6) is 0 Å². The van der Waals surface area contributed by atoms with Crippen LogP contribution in [0.15, 0.2) is 36.7 Å². The summed E-state index contributed by atoms with van der Waals surface area (Å²) in [4.78, 5) is 8.58. The van der Waals surface area contributed by atoms with Crippen molar-refractivity contribution in [3.8, 4) is 11.8 Å². The monoisotopic (exact) mass is 512 g/mol. The van der Waals surface area contributed by atoms with Crippen LogP contribution in [0.4, 0.5) is 37.8 Å². The molecule has 0 bridgehead atoms. The van der Waals surface area contributed by atoms with E-state index in [0.29, 0.717) is 0 Å². The highest BCUT2D eigenvalue weighted by Crippen LogP contribution is 2.57. The van der Waals surface area contributed by atoms with Gasteiger partial charge in [-0.2, -0.15) is 31.3 Å². The van der Waals surface area contributed by atoms with Gasteiger partial charge in [-0.15, -0.1) is 0 Å². The molecule has 2 aromatic heterocycles. The van der Waals surface area contributed by atoms with Crippen LogP contribution in [0.1, 0.15) is 18.4 Å². The lowest BCUT2D eigenvalue weighted by Gasteiger charge is -2.26. The SMILES string of the molecule is N=Cn1c(=N)nc(N(CC(F)(F)F)c2cncc(C#CC3(C(F)(F)F)CC3)c2)c2ccc(Cl)cc21. The highest BCUT2D eigenvalue weighted by atomic mass is 35.5. The minimum Gasteiger partial charge on any atom is -0.315 e. The quantitative estimate of drug-likeness (QED) is 0.212. The maximum atomic E-state index is 13.6. The van der Waals surface area contributed by atoms with E-state index in [1.165, 1.54) is 24.3 Å². The lowest BCUT2D eigenvalue weighted by atomic mass is 10.1. The Morgan fingerprint density at radius 3 is 2.46 bits per heavy atom. The van der Waals surface area contributed by atoms with E-state index in [1.54, 1.807) is 0 Å². The first-order valence-electron chi connectivity index (χ1n) is 10.00. The van der Waals surface area contributed by atoms with Crippen LogP contribution in [-0.4, -0.2) is 39.8 Å². The molecule has 1 fully saturated rings. The molecule has 3 aromatic rings. The van der Waals surface area contributed by atoms with Crippen molar-refractivity contribution in [3.63, 3.8) is 0 Å². The zero-order valence-corrected chi connectivity index (χ0v) is 18.4. The first-order valence-corrected chi connectivity index (χ1v) is 10.4. The second-order valence-electron chi connectivity index (χ2n) is 7.88. The number of anilines is 2. The number of rotatable bonds is 4. The Hall–Kier alpha value is -3.59. The summed E-state index contributed by atoms with van der Waals surface area (Å²) in [5.74, 6) is 4.32. The zero-order valence-electron chi connectivity index (χ0n) is 17.6. The van der Waals surface area contributed by atoms with Crippen molar-refractivity contribution >= 4 is 40.3 Å². The van der Waals surface area contributed by atoms with Gasteiger partial charge in [0.25, 0.3) is 0 Å². The van der Waals surface area contributed by atoms with Crippen LogP contribution in [0.25, 0.3) is 10.9 Å². The maximum Gasteiger partial charge on any atom is 0.406 e. The number of alkyl halides is 6. The van der Waals surface area contributed by atoms with Crippen molar-refractivity contribution in [1.29, 1.82) is 10.8 Å².